The van der Waals surface area contributed by atoms with Crippen LogP contribution in [-0.4, -0.2) is 49.1 Å². The highest BCUT2D eigenvalue weighted by molar-refractivity contribution is 4.86. The van der Waals surface area contributed by atoms with Gasteiger partial charge in [0, 0.05) is 12.6 Å². The molecule has 74 valence electrons. The quantitative estimate of drug-likeness (QED) is 0.635. The van der Waals surface area contributed by atoms with Crippen molar-refractivity contribution in [3.05, 3.63) is 0 Å². The maximum Gasteiger partial charge on any atom is 0.0638 e. The molecule has 13 heavy (non-hydrogen) atoms. The van der Waals surface area contributed by atoms with Gasteiger partial charge < -0.3 is 4.90 Å². The second kappa shape index (κ2) is 5.21. The van der Waals surface area contributed by atoms with E-state index in [-0.39, 0.29) is 0 Å². The van der Waals surface area contributed by atoms with Crippen molar-refractivity contribution in [3.63, 3.8) is 0 Å². The molecule has 0 saturated carbocycles. The molecule has 1 rings (SSSR count). The van der Waals surface area contributed by atoms with Gasteiger partial charge in [-0.3, -0.25) is 4.90 Å². The standard InChI is InChI=1S/C10H19N3/c1-3-13-8-4-7-12(2)9-10(13)5-6-11/h10H,3-5,7-9H2,1-2H3. The maximum absolute atomic E-state index is 8.71. The number of nitriles is 1. The Bertz CT molecular complexity index is 185. The second-order valence-electron chi connectivity index (χ2n) is 3.76. The third-order valence-electron chi connectivity index (χ3n) is 2.76. The van der Waals surface area contributed by atoms with E-state index in [1.807, 2.05) is 0 Å². The summed E-state index contributed by atoms with van der Waals surface area (Å²) in [6.45, 7) is 6.60. The molecule has 0 bridgehead atoms. The van der Waals surface area contributed by atoms with Crippen molar-refractivity contribution >= 4 is 0 Å². The van der Waals surface area contributed by atoms with Crippen LogP contribution < -0.4 is 0 Å². The lowest BCUT2D eigenvalue weighted by Crippen LogP contribution is -2.39. The van der Waals surface area contributed by atoms with Crippen LogP contribution >= 0.6 is 0 Å². The van der Waals surface area contributed by atoms with Crippen molar-refractivity contribution < 1.29 is 0 Å². The Labute approximate surface area is 80.9 Å². The average molecular weight is 181 g/mol. The number of nitrogens with zero attached hydrogens (tertiary/aromatic N) is 3. The minimum atomic E-state index is 0.447. The molecule has 1 atom stereocenters. The lowest BCUT2D eigenvalue weighted by atomic mass is 10.2. The van der Waals surface area contributed by atoms with Crippen molar-refractivity contribution in [1.82, 2.24) is 9.80 Å². The van der Waals surface area contributed by atoms with Crippen molar-refractivity contribution in [2.45, 2.75) is 25.8 Å². The van der Waals surface area contributed by atoms with E-state index in [0.717, 1.165) is 19.6 Å². The molecule has 0 N–H and O–H groups in total. The van der Waals surface area contributed by atoms with Gasteiger partial charge >= 0.3 is 0 Å². The fourth-order valence-corrected chi connectivity index (χ4v) is 2.01. The highest BCUT2D eigenvalue weighted by atomic mass is 15.2. The first-order valence-electron chi connectivity index (χ1n) is 5.07. The van der Waals surface area contributed by atoms with Crippen LogP contribution in [0.1, 0.15) is 19.8 Å². The number of likely N-dealkylation sites (N-methyl/N-ethyl adjacent to an activating group) is 2. The summed E-state index contributed by atoms with van der Waals surface area (Å²) >= 11 is 0. The smallest absolute Gasteiger partial charge is 0.0638 e. The predicted octanol–water partition coefficient (Wildman–Crippen LogP) is 0.926. The van der Waals surface area contributed by atoms with Crippen LogP contribution in [0.2, 0.25) is 0 Å². The first-order chi connectivity index (χ1) is 6.27. The van der Waals surface area contributed by atoms with Crippen LogP contribution in [0.3, 0.4) is 0 Å². The predicted molar refractivity (Wildman–Crippen MR) is 53.4 cm³/mol. The Morgan fingerprint density at radius 3 is 2.85 bits per heavy atom. The molecule has 0 amide bonds. The molecule has 0 radical (unpaired) electrons. The molecule has 0 aromatic rings. The van der Waals surface area contributed by atoms with Crippen molar-refractivity contribution in [1.29, 1.82) is 5.26 Å². The van der Waals surface area contributed by atoms with Crippen LogP contribution in [0.25, 0.3) is 0 Å². The summed E-state index contributed by atoms with van der Waals surface area (Å²) in [5.74, 6) is 0. The minimum Gasteiger partial charge on any atom is -0.305 e. The van der Waals surface area contributed by atoms with Gasteiger partial charge in [0.1, 0.15) is 0 Å². The highest BCUT2D eigenvalue weighted by Crippen LogP contribution is 2.10. The highest BCUT2D eigenvalue weighted by Gasteiger charge is 2.21. The SMILES string of the molecule is CCN1CCCN(C)CC1CC#N. The zero-order chi connectivity index (χ0) is 9.68. The fourth-order valence-electron chi connectivity index (χ4n) is 2.01. The van der Waals surface area contributed by atoms with Crippen molar-refractivity contribution in [2.75, 3.05) is 33.2 Å². The Morgan fingerprint density at radius 2 is 2.23 bits per heavy atom. The zero-order valence-electron chi connectivity index (χ0n) is 8.66. The van der Waals surface area contributed by atoms with Crippen LogP contribution in [0.15, 0.2) is 0 Å². The summed E-state index contributed by atoms with van der Waals surface area (Å²) in [5.41, 5.74) is 0. The largest absolute Gasteiger partial charge is 0.305 e. The third-order valence-corrected chi connectivity index (χ3v) is 2.76. The molecule has 0 aromatic carbocycles. The molecule has 1 heterocycles. The van der Waals surface area contributed by atoms with Gasteiger partial charge in [-0.25, -0.2) is 0 Å². The van der Waals surface area contributed by atoms with Crippen molar-refractivity contribution in [2.24, 2.45) is 0 Å². The zero-order valence-corrected chi connectivity index (χ0v) is 8.66. The summed E-state index contributed by atoms with van der Waals surface area (Å²) in [6.07, 6.45) is 1.89. The molecule has 1 unspecified atom stereocenters. The number of hydrogen-bond donors (Lipinski definition) is 0. The van der Waals surface area contributed by atoms with E-state index in [2.05, 4.69) is 29.8 Å². The van der Waals surface area contributed by atoms with E-state index in [0.29, 0.717) is 12.5 Å². The second-order valence-corrected chi connectivity index (χ2v) is 3.76. The summed E-state index contributed by atoms with van der Waals surface area (Å²) in [6, 6.07) is 2.73. The van der Waals surface area contributed by atoms with E-state index in [4.69, 9.17) is 5.26 Å². The Morgan fingerprint density at radius 1 is 1.46 bits per heavy atom. The monoisotopic (exact) mass is 181 g/mol. The van der Waals surface area contributed by atoms with E-state index >= 15 is 0 Å². The van der Waals surface area contributed by atoms with Gasteiger partial charge in [0.05, 0.1) is 12.5 Å². The van der Waals surface area contributed by atoms with Crippen LogP contribution in [0, 0.1) is 11.3 Å². The Kier molecular flexibility index (Phi) is 4.20. The summed E-state index contributed by atoms with van der Waals surface area (Å²) in [7, 11) is 2.14. The summed E-state index contributed by atoms with van der Waals surface area (Å²) < 4.78 is 0. The third kappa shape index (κ3) is 2.98. The van der Waals surface area contributed by atoms with E-state index in [1.54, 1.807) is 0 Å². The van der Waals surface area contributed by atoms with E-state index in [1.165, 1.54) is 13.0 Å². The van der Waals surface area contributed by atoms with Crippen molar-refractivity contribution in [3.8, 4) is 6.07 Å². The maximum atomic E-state index is 8.71. The van der Waals surface area contributed by atoms with Gasteiger partial charge in [-0.05, 0) is 33.1 Å². The molecular formula is C10H19N3. The van der Waals surface area contributed by atoms with Gasteiger partial charge in [0.25, 0.3) is 0 Å². The molecule has 3 nitrogen and oxygen atoms in total. The lowest BCUT2D eigenvalue weighted by Gasteiger charge is -2.27. The Hall–Kier alpha value is -0.590. The van der Waals surface area contributed by atoms with E-state index < -0.39 is 0 Å². The normalized spacial score (nSPS) is 26.7. The van der Waals surface area contributed by atoms with Gasteiger partial charge in [-0.2, -0.15) is 5.26 Å². The molecule has 0 spiro atoms. The van der Waals surface area contributed by atoms with Crippen LogP contribution in [0.4, 0.5) is 0 Å². The summed E-state index contributed by atoms with van der Waals surface area (Å²) in [5, 5.41) is 8.71. The average Bonchev–Trinajstić information content (AvgIpc) is 2.28. The van der Waals surface area contributed by atoms with Gasteiger partial charge in [-0.15, -0.1) is 0 Å². The molecule has 0 aliphatic carbocycles. The molecule has 1 aliphatic rings. The first-order valence-corrected chi connectivity index (χ1v) is 5.07. The first kappa shape index (κ1) is 10.5. The molecular weight excluding hydrogens is 162 g/mol. The molecule has 1 saturated heterocycles. The van der Waals surface area contributed by atoms with Crippen LogP contribution in [-0.2, 0) is 0 Å². The molecule has 3 heteroatoms. The van der Waals surface area contributed by atoms with Gasteiger partial charge in [0.15, 0.2) is 0 Å². The van der Waals surface area contributed by atoms with E-state index in [9.17, 15) is 0 Å². The fraction of sp³-hybridized carbons (Fsp3) is 0.900. The number of rotatable bonds is 2. The lowest BCUT2D eigenvalue weighted by molar-refractivity contribution is 0.200. The van der Waals surface area contributed by atoms with Gasteiger partial charge in [-0.1, -0.05) is 6.92 Å². The summed E-state index contributed by atoms with van der Waals surface area (Å²) in [4.78, 5) is 4.75. The Balaban J connectivity index is 2.55. The molecule has 1 aliphatic heterocycles. The van der Waals surface area contributed by atoms with Gasteiger partial charge in [0.2, 0.25) is 0 Å². The minimum absolute atomic E-state index is 0.447. The van der Waals surface area contributed by atoms with Crippen LogP contribution in [0.5, 0.6) is 0 Å². The molecule has 0 aromatic heterocycles. The molecule has 1 fully saturated rings. The topological polar surface area (TPSA) is 30.3 Å². The number of hydrogen-bond acceptors (Lipinski definition) is 3.